The molecule has 0 aromatic heterocycles. The molecular formula is C25H41N3O4. The predicted molar refractivity (Wildman–Crippen MR) is 127 cm³/mol. The summed E-state index contributed by atoms with van der Waals surface area (Å²) in [7, 11) is 4.63. The number of hydrogen-bond donors (Lipinski definition) is 2. The van der Waals surface area contributed by atoms with Crippen LogP contribution in [0.15, 0.2) is 30.3 Å². The second-order valence-electron chi connectivity index (χ2n) is 10.3. The molecule has 32 heavy (non-hydrogen) atoms. The number of carbonyl (C=O) groups excluding carboxylic acids is 3. The van der Waals surface area contributed by atoms with Gasteiger partial charge in [-0.3, -0.25) is 9.59 Å². The number of amides is 2. The minimum atomic E-state index is -0.826. The normalized spacial score (nSPS) is 15.0. The van der Waals surface area contributed by atoms with Gasteiger partial charge in [-0.1, -0.05) is 78.8 Å². The molecule has 7 nitrogen and oxygen atoms in total. The summed E-state index contributed by atoms with van der Waals surface area (Å²) in [5.41, 5.74) is -0.0894. The van der Waals surface area contributed by atoms with Crippen LogP contribution in [0.5, 0.6) is 0 Å². The lowest BCUT2D eigenvalue weighted by Gasteiger charge is -2.39. The number of nitrogens with zero attached hydrogens (tertiary/aromatic N) is 1. The van der Waals surface area contributed by atoms with Crippen molar-refractivity contribution in [2.24, 2.45) is 11.3 Å². The van der Waals surface area contributed by atoms with Crippen LogP contribution in [0.25, 0.3) is 0 Å². The third-order valence-electron chi connectivity index (χ3n) is 6.03. The van der Waals surface area contributed by atoms with Gasteiger partial charge < -0.3 is 20.3 Å². The second kappa shape index (κ2) is 10.9. The first kappa shape index (κ1) is 27.6. The molecule has 3 atom stereocenters. The fraction of sp³-hybridized carbons (Fsp3) is 0.640. The topological polar surface area (TPSA) is 87.7 Å². The lowest BCUT2D eigenvalue weighted by molar-refractivity contribution is -0.155. The summed E-state index contributed by atoms with van der Waals surface area (Å²) in [5, 5.41) is 6.09. The molecule has 2 N–H and O–H groups in total. The molecule has 0 aliphatic carbocycles. The van der Waals surface area contributed by atoms with E-state index in [1.54, 1.807) is 14.1 Å². The van der Waals surface area contributed by atoms with Gasteiger partial charge in [-0.15, -0.1) is 0 Å². The molecule has 0 aliphatic heterocycles. The molecule has 0 heterocycles. The van der Waals surface area contributed by atoms with E-state index < -0.39 is 34.9 Å². The first-order chi connectivity index (χ1) is 14.7. The number of esters is 1. The maximum Gasteiger partial charge on any atom is 0.328 e. The van der Waals surface area contributed by atoms with Crippen molar-refractivity contribution in [3.05, 3.63) is 35.9 Å². The van der Waals surface area contributed by atoms with E-state index in [9.17, 15) is 14.4 Å². The zero-order valence-corrected chi connectivity index (χ0v) is 21.3. The van der Waals surface area contributed by atoms with Crippen molar-refractivity contribution in [2.75, 3.05) is 21.2 Å². The molecule has 0 unspecified atom stereocenters. The highest BCUT2D eigenvalue weighted by Crippen LogP contribution is 2.29. The van der Waals surface area contributed by atoms with E-state index in [0.29, 0.717) is 0 Å². The molecule has 1 aromatic rings. The van der Waals surface area contributed by atoms with Crippen molar-refractivity contribution in [1.82, 2.24) is 15.5 Å². The first-order valence-electron chi connectivity index (χ1n) is 11.1. The maximum absolute atomic E-state index is 13.5. The lowest BCUT2D eigenvalue weighted by atomic mass is 9.76. The van der Waals surface area contributed by atoms with Gasteiger partial charge in [0.2, 0.25) is 11.8 Å². The Morgan fingerprint density at radius 3 is 1.91 bits per heavy atom. The van der Waals surface area contributed by atoms with Gasteiger partial charge in [0.05, 0.1) is 13.2 Å². The molecule has 180 valence electrons. The maximum atomic E-state index is 13.5. The highest BCUT2D eigenvalue weighted by Gasteiger charge is 2.42. The highest BCUT2D eigenvalue weighted by atomic mass is 16.5. The molecule has 0 saturated heterocycles. The van der Waals surface area contributed by atoms with Crippen LogP contribution in [0, 0.1) is 11.3 Å². The van der Waals surface area contributed by atoms with E-state index in [2.05, 4.69) is 10.6 Å². The summed E-state index contributed by atoms with van der Waals surface area (Å²) < 4.78 is 4.91. The van der Waals surface area contributed by atoms with Gasteiger partial charge in [-0.25, -0.2) is 4.79 Å². The average Bonchev–Trinajstić information content (AvgIpc) is 2.71. The quantitative estimate of drug-likeness (QED) is 0.569. The standard InChI is InChI=1S/C25H41N3O4/c1-16(2)18(23(31)32-10)28(9)22(30)20(24(3,4)5)27-21(29)19(26-8)25(6,7)17-14-12-11-13-15-17/h11-16,18-20,26H,1-10H3,(H,27,29)/t18-,19+,20+/m0/s1. The third kappa shape index (κ3) is 6.31. The molecule has 2 amide bonds. The average molecular weight is 448 g/mol. The fourth-order valence-corrected chi connectivity index (χ4v) is 4.07. The van der Waals surface area contributed by atoms with Gasteiger partial charge in [0.25, 0.3) is 0 Å². The molecule has 0 radical (unpaired) electrons. The number of ether oxygens (including phenoxy) is 1. The lowest BCUT2D eigenvalue weighted by Crippen LogP contribution is -2.62. The summed E-state index contributed by atoms with van der Waals surface area (Å²) in [4.78, 5) is 40.7. The zero-order valence-electron chi connectivity index (χ0n) is 21.3. The van der Waals surface area contributed by atoms with Crippen molar-refractivity contribution in [3.8, 4) is 0 Å². The van der Waals surface area contributed by atoms with Crippen molar-refractivity contribution in [2.45, 2.75) is 72.0 Å². The van der Waals surface area contributed by atoms with E-state index >= 15 is 0 Å². The summed E-state index contributed by atoms with van der Waals surface area (Å²) in [5.74, 6) is -1.23. The van der Waals surface area contributed by atoms with E-state index in [4.69, 9.17) is 4.74 Å². The van der Waals surface area contributed by atoms with Gasteiger partial charge in [0.1, 0.15) is 12.1 Å². The number of nitrogens with one attached hydrogen (secondary N) is 2. The van der Waals surface area contributed by atoms with Crippen LogP contribution < -0.4 is 10.6 Å². The number of hydrogen-bond acceptors (Lipinski definition) is 5. The summed E-state index contributed by atoms with van der Waals surface area (Å²) >= 11 is 0. The van der Waals surface area contributed by atoms with Crippen LogP contribution in [-0.2, 0) is 24.5 Å². The molecule has 0 bridgehead atoms. The largest absolute Gasteiger partial charge is 0.467 e. The number of rotatable bonds is 9. The van der Waals surface area contributed by atoms with Gasteiger partial charge in [-0.05, 0) is 23.9 Å². The smallest absolute Gasteiger partial charge is 0.328 e. The highest BCUT2D eigenvalue weighted by molar-refractivity contribution is 5.93. The molecule has 1 aromatic carbocycles. The Morgan fingerprint density at radius 2 is 1.50 bits per heavy atom. The number of carbonyl (C=O) groups is 3. The predicted octanol–water partition coefficient (Wildman–Crippen LogP) is 2.74. The van der Waals surface area contributed by atoms with Crippen LogP contribution >= 0.6 is 0 Å². The van der Waals surface area contributed by atoms with Gasteiger partial charge in [0, 0.05) is 12.5 Å². The van der Waals surface area contributed by atoms with E-state index in [1.807, 2.05) is 78.8 Å². The Labute approximate surface area is 193 Å². The first-order valence-corrected chi connectivity index (χ1v) is 11.1. The molecular weight excluding hydrogens is 406 g/mol. The van der Waals surface area contributed by atoms with Crippen LogP contribution in [0.3, 0.4) is 0 Å². The Hall–Kier alpha value is -2.41. The summed E-state index contributed by atoms with van der Waals surface area (Å²) in [6.45, 7) is 13.4. The van der Waals surface area contributed by atoms with Crippen molar-refractivity contribution in [1.29, 1.82) is 0 Å². The minimum absolute atomic E-state index is 0.144. The van der Waals surface area contributed by atoms with E-state index in [1.165, 1.54) is 12.0 Å². The molecule has 0 fully saturated rings. The Morgan fingerprint density at radius 1 is 0.969 bits per heavy atom. The van der Waals surface area contributed by atoms with Crippen LogP contribution in [0.4, 0.5) is 0 Å². The van der Waals surface area contributed by atoms with Crippen molar-refractivity contribution < 1.29 is 19.1 Å². The zero-order chi connectivity index (χ0) is 24.9. The molecule has 7 heteroatoms. The van der Waals surface area contributed by atoms with Crippen molar-refractivity contribution in [3.63, 3.8) is 0 Å². The molecule has 0 aliphatic rings. The third-order valence-corrected chi connectivity index (χ3v) is 6.03. The Kier molecular flexibility index (Phi) is 9.45. The van der Waals surface area contributed by atoms with E-state index in [-0.39, 0.29) is 17.7 Å². The van der Waals surface area contributed by atoms with Crippen LogP contribution in [-0.4, -0.2) is 62.0 Å². The molecule has 0 saturated carbocycles. The number of likely N-dealkylation sites (N-methyl/N-ethyl adjacent to an activating group) is 2. The van der Waals surface area contributed by atoms with Gasteiger partial charge in [-0.2, -0.15) is 0 Å². The van der Waals surface area contributed by atoms with Crippen LogP contribution in [0.2, 0.25) is 0 Å². The second-order valence-corrected chi connectivity index (χ2v) is 10.3. The number of benzene rings is 1. The summed E-state index contributed by atoms with van der Waals surface area (Å²) in [6, 6.07) is 7.65. The Bertz CT molecular complexity index is 784. The molecule has 1 rings (SSSR count). The van der Waals surface area contributed by atoms with Gasteiger partial charge >= 0.3 is 5.97 Å². The summed E-state index contributed by atoms with van der Waals surface area (Å²) in [6.07, 6.45) is 0. The number of methoxy groups -OCH3 is 1. The van der Waals surface area contributed by atoms with Crippen molar-refractivity contribution >= 4 is 17.8 Å². The fourth-order valence-electron chi connectivity index (χ4n) is 4.07. The minimum Gasteiger partial charge on any atom is -0.467 e. The monoisotopic (exact) mass is 447 g/mol. The van der Waals surface area contributed by atoms with E-state index in [0.717, 1.165) is 5.56 Å². The Balaban J connectivity index is 3.24. The van der Waals surface area contributed by atoms with Gasteiger partial charge in [0.15, 0.2) is 0 Å². The SMILES string of the molecule is CN[C@H](C(=O)N[C@H](C(=O)N(C)[C@H](C(=O)OC)C(C)C)C(C)(C)C)C(C)(C)c1ccccc1. The molecule has 0 spiro atoms. The van der Waals surface area contributed by atoms with Crippen LogP contribution in [0.1, 0.15) is 54.0 Å².